The van der Waals surface area contributed by atoms with Crippen molar-refractivity contribution >= 4 is 5.91 Å². The van der Waals surface area contributed by atoms with Crippen LogP contribution in [0, 0.1) is 5.41 Å². The summed E-state index contributed by atoms with van der Waals surface area (Å²) in [5.41, 5.74) is 0.350. The van der Waals surface area contributed by atoms with Crippen LogP contribution in [0.15, 0.2) is 0 Å². The van der Waals surface area contributed by atoms with Crippen molar-refractivity contribution in [2.24, 2.45) is 5.41 Å². The second kappa shape index (κ2) is 5.57. The van der Waals surface area contributed by atoms with Gasteiger partial charge in [-0.3, -0.25) is 10.1 Å². The van der Waals surface area contributed by atoms with E-state index in [2.05, 4.69) is 19.2 Å². The van der Waals surface area contributed by atoms with Crippen LogP contribution in [-0.4, -0.2) is 43.3 Å². The Labute approximate surface area is 110 Å². The van der Waals surface area contributed by atoms with Gasteiger partial charge in [-0.2, -0.15) is 0 Å². The molecule has 2 aliphatic rings. The molecule has 1 aliphatic carbocycles. The maximum absolute atomic E-state index is 12.3. The van der Waals surface area contributed by atoms with Crippen LogP contribution in [0.25, 0.3) is 0 Å². The summed E-state index contributed by atoms with van der Waals surface area (Å²) in [6, 6.07) is 0.0447. The molecule has 4 nitrogen and oxygen atoms in total. The van der Waals surface area contributed by atoms with E-state index in [0.717, 1.165) is 32.4 Å². The maximum atomic E-state index is 12.3. The molecule has 0 aromatic heterocycles. The molecule has 2 atom stereocenters. The number of carbonyl (C=O) groups excluding carboxylic acids is 1. The van der Waals surface area contributed by atoms with Crippen LogP contribution in [0.2, 0.25) is 0 Å². The van der Waals surface area contributed by atoms with E-state index in [0.29, 0.717) is 11.3 Å². The van der Waals surface area contributed by atoms with Crippen molar-refractivity contribution in [1.82, 2.24) is 10.2 Å². The number of hydrogen-bond donors (Lipinski definition) is 1. The maximum Gasteiger partial charge on any atom is 0.241 e. The largest absolute Gasteiger partial charge is 0.385 e. The van der Waals surface area contributed by atoms with E-state index in [1.54, 1.807) is 7.11 Å². The highest BCUT2D eigenvalue weighted by Crippen LogP contribution is 2.49. The molecule has 1 aliphatic heterocycles. The van der Waals surface area contributed by atoms with Crippen LogP contribution < -0.4 is 5.32 Å². The van der Waals surface area contributed by atoms with Gasteiger partial charge in [0.2, 0.25) is 5.91 Å². The summed E-state index contributed by atoms with van der Waals surface area (Å²) in [4.78, 5) is 14.4. The number of amides is 1. The number of nitrogens with zero attached hydrogens (tertiary/aromatic N) is 1. The van der Waals surface area contributed by atoms with Gasteiger partial charge in [0.15, 0.2) is 0 Å². The first-order valence-electron chi connectivity index (χ1n) is 7.17. The predicted octanol–water partition coefficient (Wildman–Crippen LogP) is 1.75. The Hall–Kier alpha value is -0.610. The van der Waals surface area contributed by atoms with Gasteiger partial charge in [0.05, 0.1) is 12.2 Å². The minimum absolute atomic E-state index is 0.0447. The lowest BCUT2D eigenvalue weighted by Crippen LogP contribution is -2.39. The van der Waals surface area contributed by atoms with E-state index in [1.165, 1.54) is 12.8 Å². The fraction of sp³-hybridized carbons (Fsp3) is 0.929. The van der Waals surface area contributed by atoms with Gasteiger partial charge in [-0.15, -0.1) is 0 Å². The van der Waals surface area contributed by atoms with Crippen LogP contribution in [0.3, 0.4) is 0 Å². The number of methoxy groups -OCH3 is 1. The first-order chi connectivity index (χ1) is 8.62. The average molecular weight is 254 g/mol. The third-order valence-electron chi connectivity index (χ3n) is 4.37. The third kappa shape index (κ3) is 2.86. The number of carbonyl (C=O) groups is 1. The predicted molar refractivity (Wildman–Crippen MR) is 71.2 cm³/mol. The van der Waals surface area contributed by atoms with Crippen molar-refractivity contribution in [3.05, 3.63) is 0 Å². The third-order valence-corrected chi connectivity index (χ3v) is 4.37. The van der Waals surface area contributed by atoms with Crippen molar-refractivity contribution in [2.75, 3.05) is 20.3 Å². The van der Waals surface area contributed by atoms with E-state index in [1.807, 2.05) is 4.90 Å². The van der Waals surface area contributed by atoms with E-state index < -0.39 is 0 Å². The highest BCUT2D eigenvalue weighted by atomic mass is 16.5. The fourth-order valence-electron chi connectivity index (χ4n) is 2.90. The second-order valence-corrected chi connectivity index (χ2v) is 5.89. The SMILES string of the molecule is CCCC1NC(C)N(CC2(CCOC)CC2)C1=O. The molecule has 0 aromatic carbocycles. The van der Waals surface area contributed by atoms with E-state index in [9.17, 15) is 4.79 Å². The Kier molecular flexibility index (Phi) is 4.28. The number of ether oxygens (including phenoxy) is 1. The molecule has 0 spiro atoms. The summed E-state index contributed by atoms with van der Waals surface area (Å²) in [7, 11) is 1.75. The average Bonchev–Trinajstić information content (AvgIpc) is 3.07. The molecule has 0 bridgehead atoms. The Morgan fingerprint density at radius 2 is 2.22 bits per heavy atom. The van der Waals surface area contributed by atoms with E-state index in [-0.39, 0.29) is 12.2 Å². The second-order valence-electron chi connectivity index (χ2n) is 5.89. The van der Waals surface area contributed by atoms with Gasteiger partial charge in [0.25, 0.3) is 0 Å². The van der Waals surface area contributed by atoms with Crippen LogP contribution in [0.4, 0.5) is 0 Å². The number of nitrogens with one attached hydrogen (secondary N) is 1. The Morgan fingerprint density at radius 1 is 1.50 bits per heavy atom. The van der Waals surface area contributed by atoms with Crippen molar-refractivity contribution in [1.29, 1.82) is 0 Å². The van der Waals surface area contributed by atoms with Gasteiger partial charge in [0.1, 0.15) is 0 Å². The minimum atomic E-state index is 0.0447. The molecule has 2 fully saturated rings. The highest BCUT2D eigenvalue weighted by Gasteiger charge is 2.47. The summed E-state index contributed by atoms with van der Waals surface area (Å²) in [6.07, 6.45) is 5.76. The molecule has 2 unspecified atom stereocenters. The molecular formula is C14H26N2O2. The summed E-state index contributed by atoms with van der Waals surface area (Å²) >= 11 is 0. The molecule has 1 amide bonds. The molecule has 0 radical (unpaired) electrons. The van der Waals surface area contributed by atoms with Gasteiger partial charge < -0.3 is 9.64 Å². The van der Waals surface area contributed by atoms with Crippen molar-refractivity contribution in [3.8, 4) is 0 Å². The minimum Gasteiger partial charge on any atom is -0.385 e. The topological polar surface area (TPSA) is 41.6 Å². The van der Waals surface area contributed by atoms with Crippen LogP contribution >= 0.6 is 0 Å². The Balaban J connectivity index is 1.91. The molecule has 1 saturated heterocycles. The lowest BCUT2D eigenvalue weighted by Gasteiger charge is -2.26. The molecule has 2 rings (SSSR count). The lowest BCUT2D eigenvalue weighted by molar-refractivity contribution is -0.130. The van der Waals surface area contributed by atoms with Gasteiger partial charge >= 0.3 is 0 Å². The monoisotopic (exact) mass is 254 g/mol. The zero-order chi connectivity index (χ0) is 13.2. The zero-order valence-corrected chi connectivity index (χ0v) is 11.9. The molecule has 18 heavy (non-hydrogen) atoms. The van der Waals surface area contributed by atoms with Crippen molar-refractivity contribution < 1.29 is 9.53 Å². The van der Waals surface area contributed by atoms with Crippen molar-refractivity contribution in [2.45, 2.75) is 58.2 Å². The van der Waals surface area contributed by atoms with Gasteiger partial charge in [-0.1, -0.05) is 13.3 Å². The molecular weight excluding hydrogens is 228 g/mol. The lowest BCUT2D eigenvalue weighted by atomic mass is 10.0. The molecule has 0 aromatic rings. The summed E-state index contributed by atoms with van der Waals surface area (Å²) < 4.78 is 5.18. The van der Waals surface area contributed by atoms with Gasteiger partial charge in [-0.25, -0.2) is 0 Å². The standard InChI is InChI=1S/C14H26N2O2/c1-4-5-12-13(17)16(11(2)15-12)10-14(6-7-14)8-9-18-3/h11-12,15H,4-10H2,1-3H3. The molecule has 104 valence electrons. The zero-order valence-electron chi connectivity index (χ0n) is 11.9. The fourth-order valence-corrected chi connectivity index (χ4v) is 2.90. The molecule has 1 N–H and O–H groups in total. The number of rotatable bonds is 7. The van der Waals surface area contributed by atoms with Crippen molar-refractivity contribution in [3.63, 3.8) is 0 Å². The highest BCUT2D eigenvalue weighted by molar-refractivity contribution is 5.84. The van der Waals surface area contributed by atoms with Crippen LogP contribution in [0.5, 0.6) is 0 Å². The van der Waals surface area contributed by atoms with E-state index >= 15 is 0 Å². The van der Waals surface area contributed by atoms with Crippen LogP contribution in [-0.2, 0) is 9.53 Å². The first-order valence-corrected chi connectivity index (χ1v) is 7.17. The smallest absolute Gasteiger partial charge is 0.241 e. The summed E-state index contributed by atoms with van der Waals surface area (Å²) in [5.74, 6) is 0.299. The normalized spacial score (nSPS) is 29.9. The Morgan fingerprint density at radius 3 is 2.78 bits per heavy atom. The summed E-state index contributed by atoms with van der Waals surface area (Å²) in [6.45, 7) is 5.94. The number of hydrogen-bond acceptors (Lipinski definition) is 3. The van der Waals surface area contributed by atoms with Gasteiger partial charge in [-0.05, 0) is 38.0 Å². The van der Waals surface area contributed by atoms with E-state index in [4.69, 9.17) is 4.74 Å². The summed E-state index contributed by atoms with van der Waals surface area (Å²) in [5, 5.41) is 3.41. The first kappa shape index (κ1) is 13.8. The Bertz CT molecular complexity index is 302. The van der Waals surface area contributed by atoms with Crippen LogP contribution in [0.1, 0.15) is 46.0 Å². The van der Waals surface area contributed by atoms with Gasteiger partial charge in [0, 0.05) is 20.3 Å². The quantitative estimate of drug-likeness (QED) is 0.752. The molecule has 1 heterocycles. The molecule has 4 heteroatoms. The molecule has 1 saturated carbocycles.